The Morgan fingerprint density at radius 1 is 1.50 bits per heavy atom. The number of H-pyrrole nitrogens is 1. The molecule has 7 nitrogen and oxygen atoms in total. The second-order valence-corrected chi connectivity index (χ2v) is 3.13. The number of benzene rings is 1. The van der Waals surface area contributed by atoms with E-state index in [1.54, 1.807) is 13.0 Å². The monoisotopic (exact) mass is 221 g/mol. The van der Waals surface area contributed by atoms with Gasteiger partial charge in [-0.05, 0) is 13.0 Å². The first-order chi connectivity index (χ1) is 7.59. The van der Waals surface area contributed by atoms with Crippen molar-refractivity contribution in [3.63, 3.8) is 0 Å². The molecular weight excluding hydrogens is 214 g/mol. The molecule has 1 N–H and O–H groups in total. The number of nitro groups is 1. The summed E-state index contributed by atoms with van der Waals surface area (Å²) in [5, 5.41) is 16.4. The second kappa shape index (κ2) is 3.61. The van der Waals surface area contributed by atoms with E-state index in [0.29, 0.717) is 11.1 Å². The number of hydrogen-bond acceptors (Lipinski definition) is 5. The zero-order valence-electron chi connectivity index (χ0n) is 8.26. The summed E-state index contributed by atoms with van der Waals surface area (Å²) < 4.78 is 4.74. The quantitative estimate of drug-likeness (QED) is 0.607. The maximum absolute atomic E-state index is 10.8. The Kier molecular flexibility index (Phi) is 2.28. The average Bonchev–Trinajstić information content (AvgIpc) is 2.64. The lowest BCUT2D eigenvalue weighted by Gasteiger charge is -2.00. The van der Waals surface area contributed by atoms with E-state index in [4.69, 9.17) is 4.42 Å². The van der Waals surface area contributed by atoms with Crippen molar-refractivity contribution in [3.8, 4) is 11.5 Å². The molecule has 0 fully saturated rings. The third-order valence-electron chi connectivity index (χ3n) is 2.17. The Bertz CT molecular complexity index is 599. The largest absolute Gasteiger partial charge is 0.434 e. The van der Waals surface area contributed by atoms with Gasteiger partial charge in [0.2, 0.25) is 5.89 Å². The molecule has 1 aromatic heterocycles. The van der Waals surface area contributed by atoms with Crippen LogP contribution in [0.2, 0.25) is 0 Å². The van der Waals surface area contributed by atoms with Crippen molar-refractivity contribution in [1.82, 2.24) is 10.2 Å². The minimum absolute atomic E-state index is 0.0388. The summed E-state index contributed by atoms with van der Waals surface area (Å²) in [6, 6.07) is 4.49. The second-order valence-electron chi connectivity index (χ2n) is 3.13. The van der Waals surface area contributed by atoms with Gasteiger partial charge in [-0.2, -0.15) is 0 Å². The minimum atomic E-state index is -0.694. The van der Waals surface area contributed by atoms with Crippen molar-refractivity contribution in [2.75, 3.05) is 0 Å². The highest BCUT2D eigenvalue weighted by Crippen LogP contribution is 2.27. The van der Waals surface area contributed by atoms with Gasteiger partial charge in [0, 0.05) is 17.2 Å². The molecule has 0 radical (unpaired) electrons. The molecule has 0 aliphatic rings. The van der Waals surface area contributed by atoms with Crippen LogP contribution in [0.15, 0.2) is 27.4 Å². The number of aromatic nitrogens is 2. The fraction of sp³-hybridized carbons (Fsp3) is 0.111. The van der Waals surface area contributed by atoms with Gasteiger partial charge >= 0.3 is 5.76 Å². The number of nitrogens with one attached hydrogen (secondary N) is 1. The lowest BCUT2D eigenvalue weighted by molar-refractivity contribution is -0.385. The first-order valence-corrected chi connectivity index (χ1v) is 4.39. The molecule has 0 aliphatic heterocycles. The van der Waals surface area contributed by atoms with Crippen LogP contribution in [0.3, 0.4) is 0 Å². The summed E-state index contributed by atoms with van der Waals surface area (Å²) in [6.07, 6.45) is 0. The van der Waals surface area contributed by atoms with Gasteiger partial charge in [-0.3, -0.25) is 10.1 Å². The van der Waals surface area contributed by atoms with Crippen molar-refractivity contribution >= 4 is 5.69 Å². The predicted octanol–water partition coefficient (Wildman–Crippen LogP) is 1.25. The Labute approximate surface area is 88.9 Å². The summed E-state index contributed by atoms with van der Waals surface area (Å²) in [6.45, 7) is 1.57. The van der Waals surface area contributed by atoms with Crippen LogP contribution < -0.4 is 5.76 Å². The Balaban J connectivity index is 2.62. The zero-order valence-corrected chi connectivity index (χ0v) is 8.26. The van der Waals surface area contributed by atoms with Crippen molar-refractivity contribution in [2.45, 2.75) is 6.92 Å². The first-order valence-electron chi connectivity index (χ1n) is 4.39. The smallest absolute Gasteiger partial charge is 0.388 e. The van der Waals surface area contributed by atoms with Gasteiger partial charge in [0.25, 0.3) is 5.69 Å². The SMILES string of the molecule is Cc1c(-c2n[nH]c(=O)o2)cccc1[N+](=O)[O-]. The molecule has 2 rings (SSSR count). The maximum atomic E-state index is 10.8. The third kappa shape index (κ3) is 1.58. The van der Waals surface area contributed by atoms with Gasteiger partial charge < -0.3 is 4.42 Å². The fourth-order valence-electron chi connectivity index (χ4n) is 1.40. The molecular formula is C9H7N3O4. The van der Waals surface area contributed by atoms with Crippen LogP contribution in [0.4, 0.5) is 5.69 Å². The highest BCUT2D eigenvalue weighted by molar-refractivity contribution is 5.64. The maximum Gasteiger partial charge on any atom is 0.434 e. The van der Waals surface area contributed by atoms with E-state index in [9.17, 15) is 14.9 Å². The number of nitro benzene ring substituents is 1. The van der Waals surface area contributed by atoms with Crippen LogP contribution in [0, 0.1) is 17.0 Å². The van der Waals surface area contributed by atoms with Gasteiger partial charge in [-0.1, -0.05) is 6.07 Å². The number of nitrogens with zero attached hydrogens (tertiary/aromatic N) is 2. The van der Waals surface area contributed by atoms with Crippen LogP contribution in [0.1, 0.15) is 5.56 Å². The molecule has 82 valence electrons. The van der Waals surface area contributed by atoms with Crippen LogP contribution >= 0.6 is 0 Å². The molecule has 0 unspecified atom stereocenters. The van der Waals surface area contributed by atoms with Gasteiger partial charge in [0.1, 0.15) is 0 Å². The molecule has 0 spiro atoms. The van der Waals surface area contributed by atoms with E-state index in [2.05, 4.69) is 10.2 Å². The number of aromatic amines is 1. The van der Waals surface area contributed by atoms with Gasteiger partial charge in [0.05, 0.1) is 4.92 Å². The summed E-state index contributed by atoms with van der Waals surface area (Å²) in [4.78, 5) is 21.0. The molecule has 16 heavy (non-hydrogen) atoms. The fourth-order valence-corrected chi connectivity index (χ4v) is 1.40. The highest BCUT2D eigenvalue weighted by atomic mass is 16.6. The lowest BCUT2D eigenvalue weighted by atomic mass is 10.1. The van der Waals surface area contributed by atoms with Crippen LogP contribution in [-0.4, -0.2) is 15.1 Å². The molecule has 0 saturated heterocycles. The Morgan fingerprint density at radius 2 is 2.25 bits per heavy atom. The van der Waals surface area contributed by atoms with Gasteiger partial charge in [-0.15, -0.1) is 5.10 Å². The third-order valence-corrected chi connectivity index (χ3v) is 2.17. The van der Waals surface area contributed by atoms with E-state index in [1.807, 2.05) is 0 Å². The normalized spacial score (nSPS) is 10.3. The van der Waals surface area contributed by atoms with Crippen molar-refractivity contribution < 1.29 is 9.34 Å². The Hall–Kier alpha value is -2.44. The molecule has 1 aromatic carbocycles. The highest BCUT2D eigenvalue weighted by Gasteiger charge is 2.17. The molecule has 0 atom stereocenters. The van der Waals surface area contributed by atoms with E-state index in [-0.39, 0.29) is 11.6 Å². The number of hydrogen-bond donors (Lipinski definition) is 1. The molecule has 7 heteroatoms. The van der Waals surface area contributed by atoms with Gasteiger partial charge in [0.15, 0.2) is 0 Å². The van der Waals surface area contributed by atoms with E-state index in [0.717, 1.165) is 0 Å². The Morgan fingerprint density at radius 3 is 2.81 bits per heavy atom. The topological polar surface area (TPSA) is 102 Å². The molecule has 2 aromatic rings. The van der Waals surface area contributed by atoms with Crippen LogP contribution in [0.25, 0.3) is 11.5 Å². The van der Waals surface area contributed by atoms with Gasteiger partial charge in [-0.25, -0.2) is 9.89 Å². The zero-order chi connectivity index (χ0) is 11.7. The van der Waals surface area contributed by atoms with Crippen LogP contribution in [-0.2, 0) is 0 Å². The summed E-state index contributed by atoms with van der Waals surface area (Å²) in [5.74, 6) is -0.646. The lowest BCUT2D eigenvalue weighted by Crippen LogP contribution is -1.94. The molecule has 0 saturated carbocycles. The van der Waals surface area contributed by atoms with Crippen LogP contribution in [0.5, 0.6) is 0 Å². The van der Waals surface area contributed by atoms with Crippen molar-refractivity contribution in [2.24, 2.45) is 0 Å². The number of rotatable bonds is 2. The van der Waals surface area contributed by atoms with E-state index < -0.39 is 10.7 Å². The van der Waals surface area contributed by atoms with Crippen molar-refractivity contribution in [3.05, 3.63) is 44.4 Å². The standard InChI is InChI=1S/C9H7N3O4/c1-5-6(8-10-11-9(13)16-8)3-2-4-7(5)12(14)15/h2-4H,1H3,(H,11,13). The van der Waals surface area contributed by atoms with Crippen molar-refractivity contribution in [1.29, 1.82) is 0 Å². The molecule has 0 aliphatic carbocycles. The summed E-state index contributed by atoms with van der Waals surface area (Å²) in [7, 11) is 0. The minimum Gasteiger partial charge on any atom is -0.388 e. The summed E-state index contributed by atoms with van der Waals surface area (Å²) >= 11 is 0. The average molecular weight is 221 g/mol. The molecule has 0 bridgehead atoms. The molecule has 1 heterocycles. The predicted molar refractivity (Wildman–Crippen MR) is 54.0 cm³/mol. The first kappa shape index (κ1) is 10.1. The summed E-state index contributed by atoms with van der Waals surface area (Å²) in [5.41, 5.74) is 0.790. The van der Waals surface area contributed by atoms with E-state index in [1.165, 1.54) is 12.1 Å². The molecule has 0 amide bonds. The van der Waals surface area contributed by atoms with E-state index >= 15 is 0 Å².